The van der Waals surface area contributed by atoms with E-state index in [0.717, 1.165) is 12.6 Å². The Morgan fingerprint density at radius 2 is 1.89 bits per heavy atom. The Labute approximate surface area is 310 Å². The van der Waals surface area contributed by atoms with Crippen molar-refractivity contribution in [2.24, 2.45) is 5.92 Å². The number of nitrogens with zero attached hydrogens (tertiary/aromatic N) is 4. The number of hydrogen-bond donors (Lipinski definition) is 3. The van der Waals surface area contributed by atoms with Crippen molar-refractivity contribution in [3.05, 3.63) is 71.7 Å². The predicted octanol–water partition coefficient (Wildman–Crippen LogP) is 3.02. The molecule has 4 aliphatic rings. The van der Waals surface area contributed by atoms with Crippen molar-refractivity contribution < 1.29 is 41.1 Å². The van der Waals surface area contributed by atoms with E-state index < -0.39 is 80.2 Å². The number of sulfonamides is 1. The number of amides is 4. The maximum atomic E-state index is 14.6. The number of ether oxygens (including phenoxy) is 1. The highest BCUT2D eigenvalue weighted by Crippen LogP contribution is 2.46. The molecule has 0 radical (unpaired) electrons. The molecule has 0 bridgehead atoms. The standard InChI is InChI=1S/C37H41F2N7O7S/c1-2-27-34(43-30-16-22(38)10-13-28(30)41-27)53-23-17-31-33(48)44-37(36(50)45-54(51,52)24-11-12-24)18-21(37)8-6-4-3-5-7-9-29(35(49)46(31)20-23)42-32(47)25-14-15-40-19-26(25)39/h6,8,10,13-16,19,21,23-24,29,31H,2-5,7,9,11-12,17-18,20H2,1H3,(H,42,47)(H,44,48)(H,45,50)/b8-6-. The summed E-state index contributed by atoms with van der Waals surface area (Å²) >= 11 is 0. The highest BCUT2D eigenvalue weighted by molar-refractivity contribution is 7.91. The number of fused-ring (bicyclic) bond motifs is 3. The predicted molar refractivity (Wildman–Crippen MR) is 190 cm³/mol. The summed E-state index contributed by atoms with van der Waals surface area (Å²) in [6.45, 7) is 1.70. The van der Waals surface area contributed by atoms with Gasteiger partial charge in [0.05, 0.1) is 34.6 Å². The van der Waals surface area contributed by atoms with Crippen LogP contribution in [0.4, 0.5) is 8.78 Å². The molecule has 2 saturated carbocycles. The highest BCUT2D eigenvalue weighted by Gasteiger charge is 2.62. The number of aromatic nitrogens is 3. The molecule has 2 aliphatic heterocycles. The average molecular weight is 766 g/mol. The first-order valence-electron chi connectivity index (χ1n) is 18.3. The van der Waals surface area contributed by atoms with Gasteiger partial charge in [-0.1, -0.05) is 31.9 Å². The van der Waals surface area contributed by atoms with E-state index in [-0.39, 0.29) is 42.8 Å². The van der Waals surface area contributed by atoms with Crippen LogP contribution in [0, 0.1) is 17.6 Å². The van der Waals surface area contributed by atoms with Gasteiger partial charge in [-0.05, 0) is 63.1 Å². The third-order valence-corrected chi connectivity index (χ3v) is 12.3. The van der Waals surface area contributed by atoms with Crippen molar-refractivity contribution >= 4 is 44.7 Å². The van der Waals surface area contributed by atoms with Gasteiger partial charge < -0.3 is 20.3 Å². The number of carbonyl (C=O) groups is 4. The summed E-state index contributed by atoms with van der Waals surface area (Å²) in [5.74, 6) is -4.79. The quantitative estimate of drug-likeness (QED) is 0.288. The van der Waals surface area contributed by atoms with Crippen LogP contribution in [-0.4, -0.2) is 87.4 Å². The number of allylic oxidation sites excluding steroid dienone is 1. The van der Waals surface area contributed by atoms with Gasteiger partial charge in [0.1, 0.15) is 35.2 Å². The Bertz CT molecular complexity index is 2130. The molecule has 54 heavy (non-hydrogen) atoms. The monoisotopic (exact) mass is 765 g/mol. The van der Waals surface area contributed by atoms with E-state index >= 15 is 0 Å². The number of benzene rings is 1. The third kappa shape index (κ3) is 7.77. The maximum absolute atomic E-state index is 14.6. The van der Waals surface area contributed by atoms with Gasteiger partial charge in [-0.15, -0.1) is 0 Å². The second kappa shape index (κ2) is 15.0. The molecular formula is C37H41F2N7O7S. The Hall–Kier alpha value is -5.06. The lowest BCUT2D eigenvalue weighted by molar-refractivity contribution is -0.141. The smallest absolute Gasteiger partial charge is 0.259 e. The van der Waals surface area contributed by atoms with E-state index in [0.29, 0.717) is 49.7 Å². The highest BCUT2D eigenvalue weighted by atomic mass is 32.2. The second-order valence-electron chi connectivity index (χ2n) is 14.3. The van der Waals surface area contributed by atoms with Crippen LogP contribution >= 0.6 is 0 Å². The number of halogens is 2. The fraction of sp³-hybridized carbons (Fsp3) is 0.486. The minimum Gasteiger partial charge on any atom is -0.471 e. The van der Waals surface area contributed by atoms with Gasteiger partial charge in [-0.2, -0.15) is 0 Å². The number of rotatable bonds is 8. The molecule has 7 rings (SSSR count). The topological polar surface area (TPSA) is 190 Å². The van der Waals surface area contributed by atoms with Crippen LogP contribution in [0.3, 0.4) is 0 Å². The molecule has 17 heteroatoms. The summed E-state index contributed by atoms with van der Waals surface area (Å²) in [6, 6.07) is 2.81. The largest absolute Gasteiger partial charge is 0.471 e. The first-order chi connectivity index (χ1) is 25.9. The summed E-state index contributed by atoms with van der Waals surface area (Å²) in [6.07, 6.45) is 9.13. The van der Waals surface area contributed by atoms with Crippen LogP contribution in [-0.2, 0) is 30.8 Å². The number of carbonyl (C=O) groups excluding carboxylic acids is 4. The van der Waals surface area contributed by atoms with Crippen molar-refractivity contribution in [1.29, 1.82) is 0 Å². The first-order valence-corrected chi connectivity index (χ1v) is 19.8. The Morgan fingerprint density at radius 3 is 2.65 bits per heavy atom. The summed E-state index contributed by atoms with van der Waals surface area (Å²) in [5, 5.41) is 4.81. The van der Waals surface area contributed by atoms with E-state index in [1.165, 1.54) is 35.4 Å². The van der Waals surface area contributed by atoms with E-state index in [4.69, 9.17) is 4.74 Å². The molecule has 2 aliphatic carbocycles. The van der Waals surface area contributed by atoms with Gasteiger partial charge in [0, 0.05) is 24.6 Å². The molecule has 14 nitrogen and oxygen atoms in total. The summed E-state index contributed by atoms with van der Waals surface area (Å²) in [7, 11) is -3.94. The third-order valence-electron chi connectivity index (χ3n) is 10.4. The van der Waals surface area contributed by atoms with Crippen LogP contribution in [0.5, 0.6) is 5.88 Å². The van der Waals surface area contributed by atoms with Crippen LogP contribution in [0.15, 0.2) is 48.8 Å². The average Bonchev–Trinajstić information content (AvgIpc) is 4.07. The zero-order chi connectivity index (χ0) is 38.2. The van der Waals surface area contributed by atoms with E-state index in [2.05, 4.69) is 30.3 Å². The molecule has 5 atom stereocenters. The zero-order valence-electron chi connectivity index (χ0n) is 29.6. The van der Waals surface area contributed by atoms with Gasteiger partial charge >= 0.3 is 0 Å². The number of aryl methyl sites for hydroxylation is 1. The molecule has 4 amide bonds. The molecule has 5 unspecified atom stereocenters. The number of hydrogen-bond acceptors (Lipinski definition) is 10. The van der Waals surface area contributed by atoms with Crippen LogP contribution in [0.25, 0.3) is 11.0 Å². The lowest BCUT2D eigenvalue weighted by atomic mass is 10.0. The minimum absolute atomic E-state index is 0.0676. The molecule has 3 fully saturated rings. The van der Waals surface area contributed by atoms with Crippen molar-refractivity contribution in [3.63, 3.8) is 0 Å². The molecule has 3 N–H and O–H groups in total. The van der Waals surface area contributed by atoms with Gasteiger partial charge in [0.2, 0.25) is 27.7 Å². The molecule has 2 aromatic heterocycles. The molecule has 0 spiro atoms. The zero-order valence-corrected chi connectivity index (χ0v) is 30.4. The summed E-state index contributed by atoms with van der Waals surface area (Å²) < 4.78 is 62.8. The lowest BCUT2D eigenvalue weighted by Crippen LogP contribution is -2.58. The molecule has 3 aromatic rings. The number of pyridine rings is 1. The van der Waals surface area contributed by atoms with Crippen molar-refractivity contribution in [1.82, 2.24) is 35.2 Å². The Morgan fingerprint density at radius 1 is 1.07 bits per heavy atom. The maximum Gasteiger partial charge on any atom is 0.259 e. The molecule has 1 saturated heterocycles. The Kier molecular flexibility index (Phi) is 10.3. The lowest BCUT2D eigenvalue weighted by Gasteiger charge is -2.30. The normalized spacial score (nSPS) is 26.8. The van der Waals surface area contributed by atoms with E-state index in [1.54, 1.807) is 0 Å². The first kappa shape index (κ1) is 37.3. The van der Waals surface area contributed by atoms with Crippen LogP contribution in [0.2, 0.25) is 0 Å². The fourth-order valence-electron chi connectivity index (χ4n) is 7.17. The van der Waals surface area contributed by atoms with Gasteiger partial charge in [-0.25, -0.2) is 27.2 Å². The van der Waals surface area contributed by atoms with Gasteiger partial charge in [-0.3, -0.25) is 28.9 Å². The van der Waals surface area contributed by atoms with E-state index in [1.807, 2.05) is 19.1 Å². The number of nitrogens with one attached hydrogen (secondary N) is 3. The second-order valence-corrected chi connectivity index (χ2v) is 16.3. The van der Waals surface area contributed by atoms with Crippen molar-refractivity contribution in [2.75, 3.05) is 6.54 Å². The van der Waals surface area contributed by atoms with Gasteiger partial charge in [0.15, 0.2) is 5.82 Å². The Balaban J connectivity index is 1.21. The fourth-order valence-corrected chi connectivity index (χ4v) is 8.54. The molecule has 4 heterocycles. The minimum atomic E-state index is -3.94. The van der Waals surface area contributed by atoms with Crippen molar-refractivity contribution in [2.45, 2.75) is 100 Å². The van der Waals surface area contributed by atoms with Crippen LogP contribution in [0.1, 0.15) is 80.8 Å². The molecule has 1 aromatic carbocycles. The van der Waals surface area contributed by atoms with Crippen molar-refractivity contribution in [3.8, 4) is 5.88 Å². The summed E-state index contributed by atoms with van der Waals surface area (Å²) in [4.78, 5) is 69.9. The van der Waals surface area contributed by atoms with Crippen LogP contribution < -0.4 is 20.1 Å². The molecule has 286 valence electrons. The van der Waals surface area contributed by atoms with Gasteiger partial charge in [0.25, 0.3) is 11.8 Å². The summed E-state index contributed by atoms with van der Waals surface area (Å²) in [5.41, 5.74) is -0.697. The SMILES string of the molecule is CCc1nc2ccc(F)cc2nc1OC1CC2C(=O)NC3(C(=O)NS(=O)(=O)C4CC4)CC3/C=C\CCCCCC(NC(=O)c3ccncc3F)C(=O)N2C1. The molecular weight excluding hydrogens is 725 g/mol. The van der Waals surface area contributed by atoms with E-state index in [9.17, 15) is 36.4 Å².